The summed E-state index contributed by atoms with van der Waals surface area (Å²) in [5, 5.41) is 9.17. The third-order valence-electron chi connectivity index (χ3n) is 3.26. The summed E-state index contributed by atoms with van der Waals surface area (Å²) in [5.41, 5.74) is 0.794. The van der Waals surface area contributed by atoms with E-state index in [-0.39, 0.29) is 36.4 Å². The first kappa shape index (κ1) is 21.7. The van der Waals surface area contributed by atoms with Crippen molar-refractivity contribution in [3.05, 3.63) is 30.3 Å². The number of guanidine groups is 1. The largest absolute Gasteiger partial charge is 0.354 e. The molecule has 0 aliphatic rings. The van der Waals surface area contributed by atoms with Gasteiger partial charge < -0.3 is 16.0 Å². The average molecular weight is 432 g/mol. The van der Waals surface area contributed by atoms with E-state index in [9.17, 15) is 4.79 Å². The minimum absolute atomic E-state index is 0. The molecule has 0 saturated carbocycles. The normalized spacial score (nSPS) is 12.3. The van der Waals surface area contributed by atoms with Crippen LogP contribution in [0, 0.1) is 5.92 Å². The summed E-state index contributed by atoms with van der Waals surface area (Å²) in [4.78, 5) is 16.0. The van der Waals surface area contributed by atoms with Crippen LogP contribution in [0.4, 0.5) is 5.69 Å². The Labute approximate surface area is 156 Å². The van der Waals surface area contributed by atoms with Crippen LogP contribution in [0.1, 0.15) is 33.6 Å². The molecule has 0 bridgehead atoms. The third-order valence-corrected chi connectivity index (χ3v) is 3.26. The van der Waals surface area contributed by atoms with Crippen molar-refractivity contribution in [3.8, 4) is 0 Å². The molecule has 1 unspecified atom stereocenters. The van der Waals surface area contributed by atoms with Gasteiger partial charge in [0.2, 0.25) is 5.91 Å². The first-order valence-corrected chi connectivity index (χ1v) is 7.83. The van der Waals surface area contributed by atoms with Gasteiger partial charge in [-0.2, -0.15) is 0 Å². The molecular formula is C17H29IN4O. The van der Waals surface area contributed by atoms with Gasteiger partial charge in [-0.25, -0.2) is 0 Å². The van der Waals surface area contributed by atoms with E-state index in [0.29, 0.717) is 17.9 Å². The van der Waals surface area contributed by atoms with Gasteiger partial charge in [0.1, 0.15) is 0 Å². The summed E-state index contributed by atoms with van der Waals surface area (Å²) in [7, 11) is 1.71. The van der Waals surface area contributed by atoms with Crippen LogP contribution in [0.25, 0.3) is 0 Å². The maximum atomic E-state index is 11.9. The van der Waals surface area contributed by atoms with Crippen LogP contribution in [0.3, 0.4) is 0 Å². The number of amides is 1. The molecular weight excluding hydrogens is 403 g/mol. The molecule has 130 valence electrons. The van der Waals surface area contributed by atoms with E-state index in [0.717, 1.165) is 12.1 Å². The van der Waals surface area contributed by atoms with Gasteiger partial charge >= 0.3 is 0 Å². The second-order valence-corrected chi connectivity index (χ2v) is 5.86. The Morgan fingerprint density at radius 2 is 1.78 bits per heavy atom. The molecule has 0 saturated heterocycles. The van der Waals surface area contributed by atoms with Crippen molar-refractivity contribution in [3.63, 3.8) is 0 Å². The van der Waals surface area contributed by atoms with Crippen LogP contribution in [0.2, 0.25) is 0 Å². The Kier molecular flexibility index (Phi) is 11.5. The van der Waals surface area contributed by atoms with E-state index in [1.54, 1.807) is 7.05 Å². The van der Waals surface area contributed by atoms with E-state index in [1.165, 1.54) is 6.42 Å². The number of aliphatic imine (C=N–C) groups is 1. The van der Waals surface area contributed by atoms with Gasteiger partial charge in [0.25, 0.3) is 0 Å². The number of rotatable bonds is 7. The Bertz CT molecular complexity index is 477. The van der Waals surface area contributed by atoms with Gasteiger partial charge in [-0.05, 0) is 37.8 Å². The summed E-state index contributed by atoms with van der Waals surface area (Å²) < 4.78 is 0. The maximum absolute atomic E-state index is 11.9. The van der Waals surface area contributed by atoms with Crippen molar-refractivity contribution < 1.29 is 4.79 Å². The zero-order valence-electron chi connectivity index (χ0n) is 14.4. The van der Waals surface area contributed by atoms with E-state index in [1.807, 2.05) is 30.3 Å². The van der Waals surface area contributed by atoms with Crippen molar-refractivity contribution >= 4 is 41.5 Å². The van der Waals surface area contributed by atoms with Crippen LogP contribution in [-0.2, 0) is 4.79 Å². The number of hydrogen-bond donors (Lipinski definition) is 3. The number of nitrogens with one attached hydrogen (secondary N) is 3. The Hall–Kier alpha value is -1.31. The molecule has 5 nitrogen and oxygen atoms in total. The number of para-hydroxylation sites is 1. The molecule has 1 atom stereocenters. The lowest BCUT2D eigenvalue weighted by atomic mass is 10.0. The van der Waals surface area contributed by atoms with Crippen LogP contribution in [-0.4, -0.2) is 31.5 Å². The lowest BCUT2D eigenvalue weighted by Crippen LogP contribution is -2.45. The molecule has 3 N–H and O–H groups in total. The molecule has 0 aliphatic heterocycles. The molecule has 23 heavy (non-hydrogen) atoms. The highest BCUT2D eigenvalue weighted by Crippen LogP contribution is 2.06. The Balaban J connectivity index is 0.00000484. The summed E-state index contributed by atoms with van der Waals surface area (Å²) in [6, 6.07) is 9.74. The van der Waals surface area contributed by atoms with Crippen molar-refractivity contribution in [1.29, 1.82) is 0 Å². The van der Waals surface area contributed by atoms with Crippen molar-refractivity contribution in [2.75, 3.05) is 18.9 Å². The number of benzene rings is 1. The zero-order chi connectivity index (χ0) is 16.4. The molecule has 0 radical (unpaired) electrons. The number of halogens is 1. The SMILES string of the molecule is CN=C(NCC(=O)Nc1ccccc1)NC(C)CCC(C)C.I. The molecule has 1 aromatic carbocycles. The highest BCUT2D eigenvalue weighted by Gasteiger charge is 2.08. The molecule has 0 aromatic heterocycles. The summed E-state index contributed by atoms with van der Waals surface area (Å²) in [6.07, 6.45) is 2.24. The lowest BCUT2D eigenvalue weighted by molar-refractivity contribution is -0.115. The first-order valence-electron chi connectivity index (χ1n) is 7.83. The zero-order valence-corrected chi connectivity index (χ0v) is 16.8. The van der Waals surface area contributed by atoms with Gasteiger partial charge in [-0.3, -0.25) is 9.79 Å². The van der Waals surface area contributed by atoms with Crippen LogP contribution in [0.15, 0.2) is 35.3 Å². The smallest absolute Gasteiger partial charge is 0.243 e. The van der Waals surface area contributed by atoms with Crippen LogP contribution in [0.5, 0.6) is 0 Å². The van der Waals surface area contributed by atoms with Crippen LogP contribution >= 0.6 is 24.0 Å². The molecule has 1 aromatic rings. The third kappa shape index (κ3) is 10.1. The van der Waals surface area contributed by atoms with E-state index in [2.05, 4.69) is 41.7 Å². The van der Waals surface area contributed by atoms with E-state index < -0.39 is 0 Å². The fourth-order valence-electron chi connectivity index (χ4n) is 1.97. The lowest BCUT2D eigenvalue weighted by Gasteiger charge is -2.18. The van der Waals surface area contributed by atoms with E-state index >= 15 is 0 Å². The summed E-state index contributed by atoms with van der Waals surface area (Å²) in [5.74, 6) is 1.25. The van der Waals surface area contributed by atoms with Gasteiger partial charge in [0.05, 0.1) is 6.54 Å². The van der Waals surface area contributed by atoms with Gasteiger partial charge in [-0.1, -0.05) is 32.0 Å². The molecule has 6 heteroatoms. The second kappa shape index (κ2) is 12.2. The molecule has 0 spiro atoms. The van der Waals surface area contributed by atoms with Gasteiger partial charge in [-0.15, -0.1) is 24.0 Å². The highest BCUT2D eigenvalue weighted by atomic mass is 127. The molecule has 1 rings (SSSR count). The minimum Gasteiger partial charge on any atom is -0.354 e. The molecule has 1 amide bonds. The fourth-order valence-corrected chi connectivity index (χ4v) is 1.97. The average Bonchev–Trinajstić information content (AvgIpc) is 2.50. The summed E-state index contributed by atoms with van der Waals surface area (Å²) >= 11 is 0. The molecule has 0 heterocycles. The number of carbonyl (C=O) groups is 1. The molecule has 0 fully saturated rings. The molecule has 0 aliphatic carbocycles. The predicted octanol–water partition coefficient (Wildman–Crippen LogP) is 3.23. The summed E-state index contributed by atoms with van der Waals surface area (Å²) in [6.45, 7) is 6.74. The monoisotopic (exact) mass is 432 g/mol. The van der Waals surface area contributed by atoms with Crippen molar-refractivity contribution in [1.82, 2.24) is 10.6 Å². The maximum Gasteiger partial charge on any atom is 0.243 e. The number of nitrogens with zero attached hydrogens (tertiary/aromatic N) is 1. The first-order chi connectivity index (χ1) is 10.5. The second-order valence-electron chi connectivity index (χ2n) is 5.86. The fraction of sp³-hybridized carbons (Fsp3) is 0.529. The number of carbonyl (C=O) groups excluding carboxylic acids is 1. The number of anilines is 1. The number of hydrogen-bond acceptors (Lipinski definition) is 2. The minimum atomic E-state index is -0.0935. The predicted molar refractivity (Wildman–Crippen MR) is 109 cm³/mol. The standard InChI is InChI=1S/C17H28N4O.HI/c1-13(2)10-11-14(3)20-17(18-4)19-12-16(22)21-15-8-6-5-7-9-15;/h5-9,13-14H,10-12H2,1-4H3,(H,21,22)(H2,18,19,20);1H. The topological polar surface area (TPSA) is 65.5 Å². The van der Waals surface area contributed by atoms with Crippen molar-refractivity contribution in [2.45, 2.75) is 39.7 Å². The van der Waals surface area contributed by atoms with Crippen LogP contribution < -0.4 is 16.0 Å². The van der Waals surface area contributed by atoms with Gasteiger partial charge in [0, 0.05) is 18.8 Å². The quantitative estimate of drug-likeness (QED) is 0.352. The van der Waals surface area contributed by atoms with Gasteiger partial charge in [0.15, 0.2) is 5.96 Å². The highest BCUT2D eigenvalue weighted by molar-refractivity contribution is 14.0. The van der Waals surface area contributed by atoms with Crippen molar-refractivity contribution in [2.24, 2.45) is 10.9 Å². The Morgan fingerprint density at radius 3 is 2.35 bits per heavy atom. The Morgan fingerprint density at radius 1 is 1.13 bits per heavy atom. The van der Waals surface area contributed by atoms with E-state index in [4.69, 9.17) is 0 Å².